The minimum Gasteiger partial charge on any atom is -0.300 e. The maximum absolute atomic E-state index is 11.1. The third-order valence-corrected chi connectivity index (χ3v) is 2.53. The van der Waals surface area contributed by atoms with E-state index in [1.807, 2.05) is 12.1 Å². The quantitative estimate of drug-likeness (QED) is 0.585. The molecule has 56 valence electrons. The summed E-state index contributed by atoms with van der Waals surface area (Å²) < 4.78 is 1.60. The molecule has 0 saturated carbocycles. The third kappa shape index (κ3) is 0.867. The zero-order valence-electron chi connectivity index (χ0n) is 5.94. The van der Waals surface area contributed by atoms with Crippen molar-refractivity contribution < 1.29 is 0 Å². The van der Waals surface area contributed by atoms with Gasteiger partial charge in [-0.1, -0.05) is 11.3 Å². The van der Waals surface area contributed by atoms with Gasteiger partial charge < -0.3 is 4.57 Å². The van der Waals surface area contributed by atoms with E-state index >= 15 is 0 Å². The van der Waals surface area contributed by atoms with Crippen molar-refractivity contribution in [1.29, 1.82) is 0 Å². The number of fused-ring (bicyclic) bond motifs is 1. The predicted octanol–water partition coefficient (Wildman–Crippen LogP) is 0.995. The molecule has 3 nitrogen and oxygen atoms in total. The lowest BCUT2D eigenvalue weighted by atomic mass is 10.4. The van der Waals surface area contributed by atoms with Gasteiger partial charge in [0.15, 0.2) is 0 Å². The molecule has 0 N–H and O–H groups in total. The van der Waals surface area contributed by atoms with Gasteiger partial charge in [0.05, 0.1) is 5.52 Å². The van der Waals surface area contributed by atoms with Crippen molar-refractivity contribution >= 4 is 21.7 Å². The minimum atomic E-state index is 0.0405. The Bertz CT molecular complexity index is 443. The fourth-order valence-electron chi connectivity index (χ4n) is 0.966. The van der Waals surface area contributed by atoms with E-state index in [0.717, 1.165) is 10.3 Å². The number of rotatable bonds is 0. The number of hydrogen-bond donors (Lipinski definition) is 0. The summed E-state index contributed by atoms with van der Waals surface area (Å²) in [4.78, 5) is 16.0. The lowest BCUT2D eigenvalue weighted by Gasteiger charge is -1.89. The summed E-state index contributed by atoms with van der Waals surface area (Å²) in [5.74, 6) is 0. The standard InChI is InChI=1S/C7H6N2OS/c1-9-5-3-2-4-8-6(5)11-7(9)10/h2-4H,1H3. The highest BCUT2D eigenvalue weighted by Gasteiger charge is 2.01. The van der Waals surface area contributed by atoms with E-state index < -0.39 is 0 Å². The fraction of sp³-hybridized carbons (Fsp3) is 0.143. The predicted molar refractivity (Wildman–Crippen MR) is 44.9 cm³/mol. The molecule has 0 spiro atoms. The number of aromatic nitrogens is 2. The molecule has 2 aromatic rings. The number of thiazole rings is 1. The molecule has 0 bridgehead atoms. The summed E-state index contributed by atoms with van der Waals surface area (Å²) in [5.41, 5.74) is 0.905. The van der Waals surface area contributed by atoms with E-state index in [9.17, 15) is 4.79 Å². The molecular formula is C7H6N2OS. The van der Waals surface area contributed by atoms with Gasteiger partial charge in [-0.2, -0.15) is 0 Å². The van der Waals surface area contributed by atoms with Crippen LogP contribution in [-0.4, -0.2) is 9.55 Å². The van der Waals surface area contributed by atoms with Crippen LogP contribution < -0.4 is 4.87 Å². The van der Waals surface area contributed by atoms with Gasteiger partial charge in [-0.25, -0.2) is 4.98 Å². The van der Waals surface area contributed by atoms with Gasteiger partial charge in [-0.05, 0) is 12.1 Å². The second kappa shape index (κ2) is 2.17. The molecule has 11 heavy (non-hydrogen) atoms. The van der Waals surface area contributed by atoms with Gasteiger partial charge in [-0.3, -0.25) is 4.79 Å². The van der Waals surface area contributed by atoms with Crippen LogP contribution in [0.3, 0.4) is 0 Å². The summed E-state index contributed by atoms with van der Waals surface area (Å²) in [6, 6.07) is 3.72. The Balaban J connectivity index is 3.04. The molecular weight excluding hydrogens is 160 g/mol. The molecule has 0 unspecified atom stereocenters. The Morgan fingerprint density at radius 2 is 2.45 bits per heavy atom. The van der Waals surface area contributed by atoms with Gasteiger partial charge >= 0.3 is 4.87 Å². The second-order valence-corrected chi connectivity index (χ2v) is 3.19. The van der Waals surface area contributed by atoms with E-state index in [4.69, 9.17) is 0 Å². The smallest absolute Gasteiger partial charge is 0.300 e. The molecule has 2 heterocycles. The Morgan fingerprint density at radius 3 is 3.18 bits per heavy atom. The Hall–Kier alpha value is -1.16. The van der Waals surface area contributed by atoms with Crippen molar-refractivity contribution in [2.45, 2.75) is 0 Å². The first-order valence-corrected chi connectivity index (χ1v) is 4.01. The number of pyridine rings is 1. The van der Waals surface area contributed by atoms with Crippen molar-refractivity contribution in [1.82, 2.24) is 9.55 Å². The molecule has 0 aliphatic carbocycles. The summed E-state index contributed by atoms with van der Waals surface area (Å²) in [6.07, 6.45) is 1.69. The summed E-state index contributed by atoms with van der Waals surface area (Å²) in [7, 11) is 1.75. The maximum Gasteiger partial charge on any atom is 0.309 e. The van der Waals surface area contributed by atoms with Crippen molar-refractivity contribution in [3.05, 3.63) is 28.0 Å². The average molecular weight is 166 g/mol. The lowest BCUT2D eigenvalue weighted by molar-refractivity contribution is 0.937. The van der Waals surface area contributed by atoms with Crippen molar-refractivity contribution in [3.63, 3.8) is 0 Å². The van der Waals surface area contributed by atoms with E-state index in [2.05, 4.69) is 4.98 Å². The Kier molecular flexibility index (Phi) is 1.29. The number of aryl methyl sites for hydroxylation is 1. The molecule has 0 atom stereocenters. The molecule has 0 aromatic carbocycles. The van der Waals surface area contributed by atoms with Gasteiger partial charge in [0.1, 0.15) is 4.83 Å². The maximum atomic E-state index is 11.1. The summed E-state index contributed by atoms with van der Waals surface area (Å²) in [5, 5.41) is 0. The SMILES string of the molecule is Cn1c(=O)sc2ncccc21. The molecule has 0 radical (unpaired) electrons. The molecule has 0 aliphatic rings. The van der Waals surface area contributed by atoms with Gasteiger partial charge in [-0.15, -0.1) is 0 Å². The van der Waals surface area contributed by atoms with Crippen LogP contribution in [-0.2, 0) is 7.05 Å². The van der Waals surface area contributed by atoms with Gasteiger partial charge in [0.25, 0.3) is 0 Å². The first-order chi connectivity index (χ1) is 5.29. The zero-order chi connectivity index (χ0) is 7.84. The summed E-state index contributed by atoms with van der Waals surface area (Å²) >= 11 is 1.18. The summed E-state index contributed by atoms with van der Waals surface area (Å²) in [6.45, 7) is 0. The second-order valence-electron chi connectivity index (χ2n) is 2.25. The fourth-order valence-corrected chi connectivity index (χ4v) is 1.79. The normalized spacial score (nSPS) is 10.6. The Labute approximate surface area is 66.9 Å². The highest BCUT2D eigenvalue weighted by molar-refractivity contribution is 7.15. The van der Waals surface area contributed by atoms with E-state index in [1.54, 1.807) is 17.8 Å². The molecule has 0 amide bonds. The van der Waals surface area contributed by atoms with Crippen LogP contribution in [0.15, 0.2) is 23.1 Å². The van der Waals surface area contributed by atoms with E-state index in [1.165, 1.54) is 11.3 Å². The van der Waals surface area contributed by atoms with Crippen LogP contribution in [0.2, 0.25) is 0 Å². The zero-order valence-corrected chi connectivity index (χ0v) is 6.76. The van der Waals surface area contributed by atoms with Gasteiger partial charge in [0, 0.05) is 13.2 Å². The van der Waals surface area contributed by atoms with Crippen LogP contribution >= 0.6 is 11.3 Å². The topological polar surface area (TPSA) is 34.9 Å². The number of nitrogens with zero attached hydrogens (tertiary/aromatic N) is 2. The lowest BCUT2D eigenvalue weighted by Crippen LogP contribution is -2.06. The van der Waals surface area contributed by atoms with Crippen LogP contribution in [0, 0.1) is 0 Å². The van der Waals surface area contributed by atoms with Crippen LogP contribution in [0.4, 0.5) is 0 Å². The van der Waals surface area contributed by atoms with Crippen LogP contribution in [0.5, 0.6) is 0 Å². The minimum absolute atomic E-state index is 0.0405. The first kappa shape index (κ1) is 6.54. The average Bonchev–Trinajstić information content (AvgIpc) is 2.30. The first-order valence-electron chi connectivity index (χ1n) is 3.19. The van der Waals surface area contributed by atoms with Crippen molar-refractivity contribution in [2.24, 2.45) is 7.05 Å². The van der Waals surface area contributed by atoms with Crippen LogP contribution in [0.25, 0.3) is 10.3 Å². The van der Waals surface area contributed by atoms with Gasteiger partial charge in [0.2, 0.25) is 0 Å². The molecule has 0 aliphatic heterocycles. The molecule has 0 saturated heterocycles. The Morgan fingerprint density at radius 1 is 1.64 bits per heavy atom. The highest BCUT2D eigenvalue weighted by Crippen LogP contribution is 2.11. The van der Waals surface area contributed by atoms with Crippen LogP contribution in [0.1, 0.15) is 0 Å². The highest BCUT2D eigenvalue weighted by atomic mass is 32.1. The molecule has 0 fully saturated rings. The van der Waals surface area contributed by atoms with E-state index in [0.29, 0.717) is 0 Å². The molecule has 2 aromatic heterocycles. The molecule has 2 rings (SSSR count). The largest absolute Gasteiger partial charge is 0.309 e. The van der Waals surface area contributed by atoms with E-state index in [-0.39, 0.29) is 4.87 Å². The monoisotopic (exact) mass is 166 g/mol. The molecule has 4 heteroatoms. The third-order valence-electron chi connectivity index (χ3n) is 1.57. The number of hydrogen-bond acceptors (Lipinski definition) is 3. The van der Waals surface area contributed by atoms with Crippen molar-refractivity contribution in [3.8, 4) is 0 Å². The van der Waals surface area contributed by atoms with Crippen molar-refractivity contribution in [2.75, 3.05) is 0 Å².